The minimum absolute atomic E-state index is 0.107. The van der Waals surface area contributed by atoms with Gasteiger partial charge in [0, 0.05) is 24.5 Å². The van der Waals surface area contributed by atoms with Crippen molar-refractivity contribution in [3.63, 3.8) is 0 Å². The summed E-state index contributed by atoms with van der Waals surface area (Å²) in [4.78, 5) is 30.8. The number of nitrogens with zero attached hydrogens (tertiary/aromatic N) is 3. The van der Waals surface area contributed by atoms with Crippen molar-refractivity contribution in [1.29, 1.82) is 0 Å². The van der Waals surface area contributed by atoms with Gasteiger partial charge in [0.15, 0.2) is 0 Å². The van der Waals surface area contributed by atoms with Crippen LogP contribution in [-0.4, -0.2) is 20.0 Å². The van der Waals surface area contributed by atoms with Crippen LogP contribution in [0.1, 0.15) is 56.0 Å². The Bertz CT molecular complexity index is 1330. The zero-order valence-corrected chi connectivity index (χ0v) is 18.6. The van der Waals surface area contributed by atoms with E-state index in [0.717, 1.165) is 27.8 Å². The lowest BCUT2D eigenvalue weighted by atomic mass is 10.0. The lowest BCUT2D eigenvalue weighted by Crippen LogP contribution is -2.35. The van der Waals surface area contributed by atoms with Crippen LogP contribution < -0.4 is 10.9 Å². The zero-order chi connectivity index (χ0) is 22.3. The SMILES string of the molecule is CC(C)C(NC(=O)c1cc(=O)n(C)c2ccccc12)c1nc2ccccc2n1C(C)C. The summed E-state index contributed by atoms with van der Waals surface area (Å²) in [6.45, 7) is 8.37. The largest absolute Gasteiger partial charge is 0.342 e. The molecule has 2 aromatic heterocycles. The average Bonchev–Trinajstić information content (AvgIpc) is 3.13. The normalized spacial score (nSPS) is 12.7. The number of aromatic nitrogens is 3. The molecule has 2 heterocycles. The first kappa shape index (κ1) is 20.8. The molecule has 0 saturated carbocycles. The molecular weight excluding hydrogens is 388 g/mol. The molecule has 2 aromatic carbocycles. The Morgan fingerprint density at radius 3 is 2.29 bits per heavy atom. The number of amides is 1. The molecule has 1 atom stereocenters. The summed E-state index contributed by atoms with van der Waals surface area (Å²) in [5.74, 6) is 0.665. The van der Waals surface area contributed by atoms with Gasteiger partial charge in [-0.3, -0.25) is 9.59 Å². The molecule has 1 N–H and O–H groups in total. The monoisotopic (exact) mass is 416 g/mol. The second kappa shape index (κ2) is 8.02. The zero-order valence-electron chi connectivity index (χ0n) is 18.6. The molecule has 0 fully saturated rings. The summed E-state index contributed by atoms with van der Waals surface area (Å²) < 4.78 is 3.74. The maximum Gasteiger partial charge on any atom is 0.252 e. The van der Waals surface area contributed by atoms with Crippen molar-refractivity contribution in [2.45, 2.75) is 39.8 Å². The molecule has 160 valence electrons. The van der Waals surface area contributed by atoms with Crippen molar-refractivity contribution < 1.29 is 4.79 Å². The summed E-state index contributed by atoms with van der Waals surface area (Å²) in [6.07, 6.45) is 0. The van der Waals surface area contributed by atoms with Crippen LogP contribution in [0, 0.1) is 5.92 Å². The number of aryl methyl sites for hydroxylation is 1. The summed E-state index contributed by atoms with van der Waals surface area (Å²) in [7, 11) is 1.72. The molecule has 0 aliphatic carbocycles. The van der Waals surface area contributed by atoms with Crippen LogP contribution in [0.25, 0.3) is 21.9 Å². The molecule has 1 amide bonds. The van der Waals surface area contributed by atoms with Crippen LogP contribution in [0.2, 0.25) is 0 Å². The van der Waals surface area contributed by atoms with E-state index in [1.165, 1.54) is 6.07 Å². The maximum atomic E-state index is 13.4. The van der Waals surface area contributed by atoms with Crippen molar-refractivity contribution in [3.05, 3.63) is 76.3 Å². The highest BCUT2D eigenvalue weighted by atomic mass is 16.2. The van der Waals surface area contributed by atoms with Gasteiger partial charge in [0.25, 0.3) is 11.5 Å². The Kier molecular flexibility index (Phi) is 5.39. The van der Waals surface area contributed by atoms with Gasteiger partial charge in [-0.25, -0.2) is 4.98 Å². The third-order valence-corrected chi connectivity index (χ3v) is 5.77. The Morgan fingerprint density at radius 2 is 1.61 bits per heavy atom. The predicted molar refractivity (Wildman–Crippen MR) is 124 cm³/mol. The van der Waals surface area contributed by atoms with Crippen LogP contribution in [-0.2, 0) is 7.05 Å². The first-order valence-electron chi connectivity index (χ1n) is 10.7. The van der Waals surface area contributed by atoms with Gasteiger partial charge in [0.1, 0.15) is 5.82 Å². The van der Waals surface area contributed by atoms with Gasteiger partial charge in [-0.2, -0.15) is 0 Å². The van der Waals surface area contributed by atoms with E-state index in [1.807, 2.05) is 42.5 Å². The third kappa shape index (κ3) is 3.63. The van der Waals surface area contributed by atoms with E-state index in [0.29, 0.717) is 5.56 Å². The highest BCUT2D eigenvalue weighted by molar-refractivity contribution is 6.06. The number of imidazole rings is 1. The number of benzene rings is 2. The Hall–Kier alpha value is -3.41. The molecule has 1 unspecified atom stereocenters. The Labute approximate surface area is 181 Å². The fraction of sp³-hybridized carbons (Fsp3) is 0.320. The van der Waals surface area contributed by atoms with Crippen molar-refractivity contribution in [2.75, 3.05) is 0 Å². The number of carbonyl (C=O) groups excluding carboxylic acids is 1. The topological polar surface area (TPSA) is 68.9 Å². The number of pyridine rings is 1. The van der Waals surface area contributed by atoms with Gasteiger partial charge >= 0.3 is 0 Å². The van der Waals surface area contributed by atoms with Gasteiger partial charge in [0.2, 0.25) is 0 Å². The van der Waals surface area contributed by atoms with Crippen LogP contribution >= 0.6 is 0 Å². The first-order valence-corrected chi connectivity index (χ1v) is 10.7. The molecule has 4 rings (SSSR count). The lowest BCUT2D eigenvalue weighted by molar-refractivity contribution is 0.0923. The van der Waals surface area contributed by atoms with E-state index in [-0.39, 0.29) is 29.5 Å². The standard InChI is InChI=1S/C25H28N4O2/c1-15(2)23(24-26-19-11-7-9-13-21(19)29(24)16(3)4)27-25(31)18-14-22(30)28(5)20-12-8-6-10-17(18)20/h6-16,23H,1-5H3,(H,27,31). The van der Waals surface area contributed by atoms with Crippen molar-refractivity contribution in [3.8, 4) is 0 Å². The second-order valence-electron chi connectivity index (χ2n) is 8.59. The van der Waals surface area contributed by atoms with Gasteiger partial charge in [0.05, 0.1) is 28.2 Å². The highest BCUT2D eigenvalue weighted by Crippen LogP contribution is 2.29. The molecule has 0 spiro atoms. The molecular formula is C25H28N4O2. The van der Waals surface area contributed by atoms with Crippen molar-refractivity contribution in [2.24, 2.45) is 13.0 Å². The molecule has 4 aromatic rings. The molecule has 6 heteroatoms. The smallest absolute Gasteiger partial charge is 0.252 e. The van der Waals surface area contributed by atoms with Gasteiger partial charge in [-0.1, -0.05) is 44.2 Å². The number of nitrogens with one attached hydrogen (secondary N) is 1. The quantitative estimate of drug-likeness (QED) is 0.517. The molecule has 31 heavy (non-hydrogen) atoms. The number of carbonyl (C=O) groups is 1. The van der Waals surface area contributed by atoms with Crippen LogP contribution in [0.4, 0.5) is 0 Å². The molecule has 0 saturated heterocycles. The predicted octanol–water partition coefficient (Wildman–Crippen LogP) is 4.60. The summed E-state index contributed by atoms with van der Waals surface area (Å²) in [5.41, 5.74) is 2.86. The third-order valence-electron chi connectivity index (χ3n) is 5.77. The van der Waals surface area contributed by atoms with Crippen molar-refractivity contribution in [1.82, 2.24) is 19.4 Å². The average molecular weight is 417 g/mol. The number of hydrogen-bond donors (Lipinski definition) is 1. The van der Waals surface area contributed by atoms with E-state index < -0.39 is 0 Å². The van der Waals surface area contributed by atoms with E-state index in [9.17, 15) is 9.59 Å². The molecule has 0 aliphatic heterocycles. The minimum Gasteiger partial charge on any atom is -0.342 e. The van der Waals surface area contributed by atoms with Gasteiger partial charge in [-0.05, 0) is 38.0 Å². The van der Waals surface area contributed by atoms with E-state index in [1.54, 1.807) is 11.6 Å². The van der Waals surface area contributed by atoms with E-state index in [2.05, 4.69) is 43.6 Å². The van der Waals surface area contributed by atoms with E-state index in [4.69, 9.17) is 4.98 Å². The van der Waals surface area contributed by atoms with Crippen LogP contribution in [0.5, 0.6) is 0 Å². The first-order chi connectivity index (χ1) is 14.8. The Balaban J connectivity index is 1.81. The highest BCUT2D eigenvalue weighted by Gasteiger charge is 2.27. The number of rotatable bonds is 5. The van der Waals surface area contributed by atoms with Crippen LogP contribution in [0.3, 0.4) is 0 Å². The summed E-state index contributed by atoms with van der Waals surface area (Å²) in [6, 6.07) is 16.8. The minimum atomic E-state index is -0.301. The number of para-hydroxylation sites is 3. The molecule has 0 radical (unpaired) electrons. The van der Waals surface area contributed by atoms with E-state index >= 15 is 0 Å². The summed E-state index contributed by atoms with van der Waals surface area (Å²) in [5, 5.41) is 3.93. The molecule has 0 bridgehead atoms. The van der Waals surface area contributed by atoms with Crippen LogP contribution in [0.15, 0.2) is 59.4 Å². The Morgan fingerprint density at radius 1 is 0.968 bits per heavy atom. The van der Waals surface area contributed by atoms with Crippen molar-refractivity contribution >= 4 is 27.8 Å². The van der Waals surface area contributed by atoms with Gasteiger partial charge in [-0.15, -0.1) is 0 Å². The molecule has 0 aliphatic rings. The summed E-state index contributed by atoms with van der Waals surface area (Å²) >= 11 is 0. The maximum absolute atomic E-state index is 13.4. The number of fused-ring (bicyclic) bond motifs is 2. The fourth-order valence-electron chi connectivity index (χ4n) is 4.17. The lowest BCUT2D eigenvalue weighted by Gasteiger charge is -2.25. The fourth-order valence-corrected chi connectivity index (χ4v) is 4.17. The second-order valence-corrected chi connectivity index (χ2v) is 8.59. The molecule has 6 nitrogen and oxygen atoms in total. The number of hydrogen-bond acceptors (Lipinski definition) is 3. The van der Waals surface area contributed by atoms with Gasteiger partial charge < -0.3 is 14.5 Å².